The lowest BCUT2D eigenvalue weighted by molar-refractivity contribution is -0.137. The molecule has 1 heterocycles. The van der Waals surface area contributed by atoms with E-state index in [2.05, 4.69) is 0 Å². The fourth-order valence-electron chi connectivity index (χ4n) is 1.85. The standard InChI is InChI=1S/C15H14ClNO4/c1-10-6-13(18)14(7-17(10)8-15(19)20)21-9-11-4-2-3-5-12(11)16/h2-7H,8-9H2,1H3,(H,19,20). The van der Waals surface area contributed by atoms with Crippen molar-refractivity contribution in [2.24, 2.45) is 0 Å². The number of aryl methyl sites for hydroxylation is 1. The molecule has 1 aromatic carbocycles. The number of pyridine rings is 1. The van der Waals surface area contributed by atoms with Crippen LogP contribution in [0.4, 0.5) is 0 Å². The van der Waals surface area contributed by atoms with E-state index in [1.54, 1.807) is 25.1 Å². The molecule has 0 radical (unpaired) electrons. The van der Waals surface area contributed by atoms with Crippen LogP contribution in [-0.2, 0) is 17.9 Å². The molecule has 0 saturated carbocycles. The number of carbonyl (C=O) groups is 1. The zero-order valence-corrected chi connectivity index (χ0v) is 12.1. The minimum Gasteiger partial charge on any atom is -0.483 e. The highest BCUT2D eigenvalue weighted by molar-refractivity contribution is 6.31. The van der Waals surface area contributed by atoms with Crippen LogP contribution in [0.25, 0.3) is 0 Å². The van der Waals surface area contributed by atoms with Crippen molar-refractivity contribution in [1.82, 2.24) is 4.57 Å². The number of benzene rings is 1. The summed E-state index contributed by atoms with van der Waals surface area (Å²) in [5.74, 6) is -0.888. The van der Waals surface area contributed by atoms with E-state index in [-0.39, 0.29) is 24.3 Å². The van der Waals surface area contributed by atoms with E-state index in [1.165, 1.54) is 16.8 Å². The molecule has 0 aliphatic heterocycles. The van der Waals surface area contributed by atoms with Crippen molar-refractivity contribution in [3.63, 3.8) is 0 Å². The highest BCUT2D eigenvalue weighted by Crippen LogP contribution is 2.17. The molecule has 2 rings (SSSR count). The summed E-state index contributed by atoms with van der Waals surface area (Å²) in [5.41, 5.74) is 1.03. The summed E-state index contributed by atoms with van der Waals surface area (Å²) in [6.07, 6.45) is 1.41. The van der Waals surface area contributed by atoms with Crippen molar-refractivity contribution < 1.29 is 14.6 Å². The number of halogens is 1. The summed E-state index contributed by atoms with van der Waals surface area (Å²) >= 11 is 6.01. The predicted octanol–water partition coefficient (Wildman–Crippen LogP) is 2.47. The maximum Gasteiger partial charge on any atom is 0.323 e. The lowest BCUT2D eigenvalue weighted by atomic mass is 10.2. The quantitative estimate of drug-likeness (QED) is 0.921. The Hall–Kier alpha value is -2.27. The SMILES string of the molecule is Cc1cc(=O)c(OCc2ccccc2Cl)cn1CC(=O)O. The first-order valence-electron chi connectivity index (χ1n) is 6.26. The maximum absolute atomic E-state index is 11.9. The zero-order chi connectivity index (χ0) is 15.4. The van der Waals surface area contributed by atoms with Crippen molar-refractivity contribution in [2.75, 3.05) is 0 Å². The second-order valence-corrected chi connectivity index (χ2v) is 4.95. The predicted molar refractivity (Wildman–Crippen MR) is 78.9 cm³/mol. The van der Waals surface area contributed by atoms with Gasteiger partial charge in [-0.1, -0.05) is 29.8 Å². The van der Waals surface area contributed by atoms with Gasteiger partial charge in [0.15, 0.2) is 5.75 Å². The number of aliphatic carboxylic acids is 1. The molecule has 2 aromatic rings. The first kappa shape index (κ1) is 15.1. The van der Waals surface area contributed by atoms with Crippen molar-refractivity contribution >= 4 is 17.6 Å². The second-order valence-electron chi connectivity index (χ2n) is 4.55. The molecule has 6 heteroatoms. The van der Waals surface area contributed by atoms with E-state index in [0.717, 1.165) is 5.56 Å². The van der Waals surface area contributed by atoms with Crippen molar-refractivity contribution in [2.45, 2.75) is 20.1 Å². The van der Waals surface area contributed by atoms with Crippen LogP contribution >= 0.6 is 11.6 Å². The molecule has 0 spiro atoms. The lowest BCUT2D eigenvalue weighted by Crippen LogP contribution is -2.17. The van der Waals surface area contributed by atoms with E-state index in [9.17, 15) is 9.59 Å². The topological polar surface area (TPSA) is 68.5 Å². The molecule has 5 nitrogen and oxygen atoms in total. The van der Waals surface area contributed by atoms with Crippen LogP contribution in [0, 0.1) is 6.92 Å². The van der Waals surface area contributed by atoms with Crippen LogP contribution in [0.3, 0.4) is 0 Å². The molecule has 1 aromatic heterocycles. The minimum atomic E-state index is -0.987. The number of rotatable bonds is 5. The molecule has 0 aliphatic rings. The van der Waals surface area contributed by atoms with Gasteiger partial charge in [-0.2, -0.15) is 0 Å². The molecule has 110 valence electrons. The average molecular weight is 308 g/mol. The number of hydrogen-bond donors (Lipinski definition) is 1. The van der Waals surface area contributed by atoms with Gasteiger partial charge >= 0.3 is 5.97 Å². The molecule has 21 heavy (non-hydrogen) atoms. The summed E-state index contributed by atoms with van der Waals surface area (Å²) in [6.45, 7) is 1.59. The van der Waals surface area contributed by atoms with Gasteiger partial charge in [0, 0.05) is 22.3 Å². The number of aromatic nitrogens is 1. The van der Waals surface area contributed by atoms with Gasteiger partial charge in [0.25, 0.3) is 0 Å². The molecule has 0 atom stereocenters. The molecule has 0 bridgehead atoms. The third-order valence-corrected chi connectivity index (χ3v) is 3.32. The largest absolute Gasteiger partial charge is 0.483 e. The third kappa shape index (κ3) is 3.86. The summed E-state index contributed by atoms with van der Waals surface area (Å²) in [6, 6.07) is 8.51. The fourth-order valence-corrected chi connectivity index (χ4v) is 2.04. The molecule has 0 saturated heterocycles. The Labute approximate surface area is 126 Å². The molecule has 0 fully saturated rings. The van der Waals surface area contributed by atoms with Gasteiger partial charge in [-0.3, -0.25) is 9.59 Å². The zero-order valence-electron chi connectivity index (χ0n) is 11.4. The minimum absolute atomic E-state index is 0.0989. The van der Waals surface area contributed by atoms with E-state index < -0.39 is 5.97 Å². The van der Waals surface area contributed by atoms with Crippen LogP contribution < -0.4 is 10.2 Å². The fraction of sp³-hybridized carbons (Fsp3) is 0.200. The summed E-state index contributed by atoms with van der Waals surface area (Å²) < 4.78 is 6.92. The van der Waals surface area contributed by atoms with E-state index in [4.69, 9.17) is 21.4 Å². The Morgan fingerprint density at radius 2 is 2.10 bits per heavy atom. The molecule has 0 aliphatic carbocycles. The lowest BCUT2D eigenvalue weighted by Gasteiger charge is -2.12. The maximum atomic E-state index is 11.9. The third-order valence-electron chi connectivity index (χ3n) is 2.96. The van der Waals surface area contributed by atoms with Crippen LogP contribution in [0.5, 0.6) is 5.75 Å². The Kier molecular flexibility index (Phi) is 4.65. The van der Waals surface area contributed by atoms with E-state index in [0.29, 0.717) is 10.7 Å². The van der Waals surface area contributed by atoms with Gasteiger partial charge in [0.1, 0.15) is 13.2 Å². The monoisotopic (exact) mass is 307 g/mol. The van der Waals surface area contributed by atoms with E-state index in [1.807, 2.05) is 6.07 Å². The van der Waals surface area contributed by atoms with Crippen LogP contribution in [0.1, 0.15) is 11.3 Å². The molecule has 0 amide bonds. The Bertz CT molecular complexity index is 724. The Balaban J connectivity index is 2.22. The first-order chi connectivity index (χ1) is 9.97. The molecule has 0 unspecified atom stereocenters. The molecular formula is C15H14ClNO4. The normalized spacial score (nSPS) is 10.4. The summed E-state index contributed by atoms with van der Waals surface area (Å²) in [7, 11) is 0. The van der Waals surface area contributed by atoms with Gasteiger partial charge in [-0.05, 0) is 13.0 Å². The number of ether oxygens (including phenoxy) is 1. The number of nitrogens with zero attached hydrogens (tertiary/aromatic N) is 1. The first-order valence-corrected chi connectivity index (χ1v) is 6.64. The Morgan fingerprint density at radius 1 is 1.38 bits per heavy atom. The smallest absolute Gasteiger partial charge is 0.323 e. The number of carboxylic acids is 1. The van der Waals surface area contributed by atoms with Gasteiger partial charge in [0.2, 0.25) is 5.43 Å². The van der Waals surface area contributed by atoms with Crippen LogP contribution in [-0.4, -0.2) is 15.6 Å². The van der Waals surface area contributed by atoms with E-state index >= 15 is 0 Å². The average Bonchev–Trinajstić information content (AvgIpc) is 2.41. The number of carboxylic acid groups (broad SMARTS) is 1. The van der Waals surface area contributed by atoms with Gasteiger partial charge in [0.05, 0.1) is 6.20 Å². The van der Waals surface area contributed by atoms with Gasteiger partial charge in [-0.25, -0.2) is 0 Å². The highest BCUT2D eigenvalue weighted by atomic mass is 35.5. The highest BCUT2D eigenvalue weighted by Gasteiger charge is 2.08. The second kappa shape index (κ2) is 6.45. The van der Waals surface area contributed by atoms with Crippen molar-refractivity contribution in [1.29, 1.82) is 0 Å². The summed E-state index contributed by atoms with van der Waals surface area (Å²) in [4.78, 5) is 22.6. The van der Waals surface area contributed by atoms with Crippen LogP contribution in [0.2, 0.25) is 5.02 Å². The van der Waals surface area contributed by atoms with Gasteiger partial charge in [-0.15, -0.1) is 0 Å². The van der Waals surface area contributed by atoms with Crippen molar-refractivity contribution in [3.05, 3.63) is 63.0 Å². The summed E-state index contributed by atoms with van der Waals surface area (Å²) in [5, 5.41) is 9.39. The Morgan fingerprint density at radius 3 is 2.76 bits per heavy atom. The molecule has 1 N–H and O–H groups in total. The van der Waals surface area contributed by atoms with Crippen LogP contribution in [0.15, 0.2) is 41.3 Å². The van der Waals surface area contributed by atoms with Gasteiger partial charge < -0.3 is 14.4 Å². The number of hydrogen-bond acceptors (Lipinski definition) is 3. The van der Waals surface area contributed by atoms with Crippen molar-refractivity contribution in [3.8, 4) is 5.75 Å². The molecular weight excluding hydrogens is 294 g/mol.